The number of hydrogen-bond acceptors (Lipinski definition) is 14. The lowest BCUT2D eigenvalue weighted by molar-refractivity contribution is -0.156. The first-order valence-corrected chi connectivity index (χ1v) is 27.0. The van der Waals surface area contributed by atoms with Gasteiger partial charge in [0.1, 0.15) is 34.1 Å². The molecule has 2 fully saturated rings. The molecule has 15 nitrogen and oxygen atoms in total. The Morgan fingerprint density at radius 2 is 1.03 bits per heavy atom. The van der Waals surface area contributed by atoms with Crippen LogP contribution in [0.5, 0.6) is 11.5 Å². The number of likely N-dealkylation sites (tertiary alicyclic amines) is 2. The zero-order chi connectivity index (χ0) is 56.0. The number of piperidine rings is 2. The Bertz CT molecular complexity index is 3020. The van der Waals surface area contributed by atoms with Gasteiger partial charge in [-0.2, -0.15) is 4.90 Å². The van der Waals surface area contributed by atoms with E-state index in [0.29, 0.717) is 46.0 Å². The number of esters is 1. The van der Waals surface area contributed by atoms with Crippen LogP contribution in [0.1, 0.15) is 106 Å². The number of benzene rings is 4. The van der Waals surface area contributed by atoms with Crippen LogP contribution in [-0.4, -0.2) is 101 Å². The molecule has 412 valence electrons. The summed E-state index contributed by atoms with van der Waals surface area (Å²) in [6.07, 6.45) is 5.88. The van der Waals surface area contributed by atoms with E-state index >= 15 is 0 Å². The number of rotatable bonds is 11. The molecule has 0 aliphatic carbocycles. The third kappa shape index (κ3) is 15.7. The topological polar surface area (TPSA) is 185 Å². The van der Waals surface area contributed by atoms with Crippen molar-refractivity contribution in [1.82, 2.24) is 19.8 Å². The Kier molecular flexibility index (Phi) is 18.7. The van der Waals surface area contributed by atoms with E-state index in [-0.39, 0.29) is 17.7 Å². The number of aromatic nitrogens is 2. The van der Waals surface area contributed by atoms with E-state index in [1.165, 1.54) is 5.56 Å². The number of ether oxygens (including phenoxy) is 5. The van der Waals surface area contributed by atoms with Gasteiger partial charge in [0.15, 0.2) is 5.82 Å². The summed E-state index contributed by atoms with van der Waals surface area (Å²) in [6.45, 7) is 21.2. The summed E-state index contributed by atoms with van der Waals surface area (Å²) in [5.41, 5.74) is 15.8. The highest BCUT2D eigenvalue weighted by Gasteiger charge is 2.36. The molecule has 2 aromatic heterocycles. The molecule has 0 bridgehead atoms. The first kappa shape index (κ1) is 58.5. The number of fused-ring (bicyclic) bond motifs is 2. The Labute approximate surface area is 463 Å². The van der Waals surface area contributed by atoms with Crippen molar-refractivity contribution in [3.05, 3.63) is 106 Å². The highest BCUT2D eigenvalue weighted by molar-refractivity contribution is 6.31. The number of nitrogens with zero attached hydrogens (tertiary/aromatic N) is 5. The summed E-state index contributed by atoms with van der Waals surface area (Å²) >= 11 is 12.3. The van der Waals surface area contributed by atoms with Gasteiger partial charge in [0, 0.05) is 59.1 Å². The Morgan fingerprint density at radius 1 is 0.610 bits per heavy atom. The van der Waals surface area contributed by atoms with Gasteiger partial charge in [-0.3, -0.25) is 14.6 Å². The second kappa shape index (κ2) is 24.6. The van der Waals surface area contributed by atoms with Crippen LogP contribution >= 0.6 is 23.2 Å². The molecule has 2 saturated heterocycles. The van der Waals surface area contributed by atoms with Gasteiger partial charge < -0.3 is 35.2 Å². The molecule has 0 spiro atoms. The molecule has 8 rings (SSSR count). The number of halogens is 2. The number of anilines is 2. The summed E-state index contributed by atoms with van der Waals surface area (Å²) < 4.78 is 28.5. The maximum Gasteiger partial charge on any atom is 0.425 e. The Balaban J connectivity index is 0.000000258. The van der Waals surface area contributed by atoms with Crippen molar-refractivity contribution < 1.29 is 38.1 Å². The fourth-order valence-electron chi connectivity index (χ4n) is 9.64. The highest BCUT2D eigenvalue weighted by atomic mass is 35.5. The molecule has 17 heteroatoms. The van der Waals surface area contributed by atoms with Crippen LogP contribution in [0.15, 0.2) is 85.2 Å². The van der Waals surface area contributed by atoms with Crippen molar-refractivity contribution in [3.63, 3.8) is 0 Å². The lowest BCUT2D eigenvalue weighted by atomic mass is 9.93. The third-order valence-electron chi connectivity index (χ3n) is 13.2. The van der Waals surface area contributed by atoms with Crippen molar-refractivity contribution >= 4 is 74.5 Å². The van der Waals surface area contributed by atoms with E-state index in [0.717, 1.165) is 113 Å². The van der Waals surface area contributed by atoms with Crippen molar-refractivity contribution in [2.24, 2.45) is 11.7 Å². The second-order valence-corrected chi connectivity index (χ2v) is 23.8. The third-order valence-corrected chi connectivity index (χ3v) is 13.7. The van der Waals surface area contributed by atoms with E-state index in [2.05, 4.69) is 31.9 Å². The summed E-state index contributed by atoms with van der Waals surface area (Å²) in [5, 5.41) is 4.35. The predicted molar refractivity (Wildman–Crippen MR) is 308 cm³/mol. The quantitative estimate of drug-likeness (QED) is 0.0922. The first-order chi connectivity index (χ1) is 36.3. The molecule has 0 saturated carbocycles. The van der Waals surface area contributed by atoms with Crippen LogP contribution in [-0.2, 0) is 32.1 Å². The van der Waals surface area contributed by atoms with Crippen LogP contribution in [0.2, 0.25) is 10.0 Å². The van der Waals surface area contributed by atoms with Gasteiger partial charge >= 0.3 is 18.2 Å². The van der Waals surface area contributed by atoms with E-state index in [9.17, 15) is 14.4 Å². The maximum absolute atomic E-state index is 13.7. The average molecular weight is 1090 g/mol. The van der Waals surface area contributed by atoms with Crippen molar-refractivity contribution in [3.8, 4) is 33.8 Å². The molecular weight excluding hydrogens is 1020 g/mol. The van der Waals surface area contributed by atoms with Crippen LogP contribution in [0.3, 0.4) is 0 Å². The van der Waals surface area contributed by atoms with Gasteiger partial charge in [0.2, 0.25) is 0 Å². The Hall–Kier alpha value is -6.23. The normalized spacial score (nSPS) is 15.1. The molecule has 0 radical (unpaired) electrons. The van der Waals surface area contributed by atoms with Crippen molar-refractivity contribution in [2.45, 2.75) is 130 Å². The molecule has 0 unspecified atom stereocenters. The highest BCUT2D eigenvalue weighted by Crippen LogP contribution is 2.42. The number of carbonyl (C=O) groups is 3. The fraction of sp³-hybridized carbons (Fsp3) is 0.450. The number of pyridine rings is 2. The van der Waals surface area contributed by atoms with Crippen molar-refractivity contribution in [1.29, 1.82) is 0 Å². The van der Waals surface area contributed by atoms with Crippen LogP contribution < -0.4 is 25.8 Å². The second-order valence-electron chi connectivity index (χ2n) is 22.9. The molecule has 0 atom stereocenters. The fourth-order valence-corrected chi connectivity index (χ4v) is 9.90. The lowest BCUT2D eigenvalue weighted by Crippen LogP contribution is -2.44. The van der Waals surface area contributed by atoms with Crippen molar-refractivity contribution in [2.75, 3.05) is 51.0 Å². The largest absolute Gasteiger partial charge is 0.496 e. The summed E-state index contributed by atoms with van der Waals surface area (Å²) in [7, 11) is 3.22. The first-order valence-electron chi connectivity index (χ1n) is 26.2. The number of carbonyl (C=O) groups excluding carboxylic acids is 3. The standard InChI is InChI=1S/C38H50ClN3O7.C22H25ClN4O/c1-36(2,3)47-31(43)21-24-15-17-41(18-16-24)23-25-19-28-29(26-11-13-27(39)14-12-26)22-40-33(32(28)30(20-25)46-10)42(34(44)48-37(4,5)6)35(45)49-38(7,8)9;1-28-20-11-14(13-27-8-6-17(24)7-9-27)10-18-19(12-26-22(25)21(18)20)15-2-4-16(23)5-3-15/h11-14,19-20,22,24H,15-18,21,23H2,1-10H3;2-5,10-12,17H,6-9,13,24H2,1H3,(H2,25,26). The summed E-state index contributed by atoms with van der Waals surface area (Å²) in [5.74, 6) is 1.80. The molecule has 6 aromatic rings. The summed E-state index contributed by atoms with van der Waals surface area (Å²) in [4.78, 5) is 54.5. The number of imide groups is 1. The van der Waals surface area contributed by atoms with Gasteiger partial charge in [0.05, 0.1) is 25.0 Å². The van der Waals surface area contributed by atoms with Gasteiger partial charge in [-0.1, -0.05) is 47.5 Å². The molecule has 2 amide bonds. The van der Waals surface area contributed by atoms with E-state index < -0.39 is 29.0 Å². The smallest absolute Gasteiger partial charge is 0.425 e. The molecule has 4 heterocycles. The van der Waals surface area contributed by atoms with Crippen LogP contribution in [0, 0.1) is 5.92 Å². The lowest BCUT2D eigenvalue weighted by Gasteiger charge is -2.32. The van der Waals surface area contributed by atoms with Gasteiger partial charge in [-0.25, -0.2) is 19.6 Å². The SMILES string of the molecule is COc1cc(CN2CCC(CC(=O)OC(C)(C)C)CC2)cc2c(-c3ccc(Cl)cc3)cnc(N(C(=O)OC(C)(C)C)C(=O)OC(C)(C)C)c12.COc1cc(CN2CCC(N)CC2)cc2c(-c3ccc(Cl)cc3)cnc(N)c12. The zero-order valence-electron chi connectivity index (χ0n) is 46.4. The van der Waals surface area contributed by atoms with Gasteiger partial charge in [-0.05, 0) is 202 Å². The summed E-state index contributed by atoms with van der Waals surface area (Å²) in [6, 6.07) is 23.7. The molecule has 2 aliphatic rings. The maximum atomic E-state index is 13.7. The minimum Gasteiger partial charge on any atom is -0.496 e. The van der Waals surface area contributed by atoms with Gasteiger partial charge in [-0.15, -0.1) is 0 Å². The zero-order valence-corrected chi connectivity index (χ0v) is 47.9. The monoisotopic (exact) mass is 1090 g/mol. The minimum absolute atomic E-state index is 0.0302. The van der Waals surface area contributed by atoms with E-state index in [1.54, 1.807) is 74.1 Å². The van der Waals surface area contributed by atoms with Crippen LogP contribution in [0.4, 0.5) is 21.2 Å². The van der Waals surface area contributed by atoms with Crippen LogP contribution in [0.25, 0.3) is 43.8 Å². The molecule has 2 aliphatic heterocycles. The average Bonchev–Trinajstić information content (AvgIpc) is 3.36. The number of nitrogens with two attached hydrogens (primary N) is 2. The number of nitrogen functional groups attached to an aromatic ring is 1. The molecule has 4 N–H and O–H groups in total. The van der Waals surface area contributed by atoms with Gasteiger partial charge in [0.25, 0.3) is 0 Å². The molecule has 77 heavy (non-hydrogen) atoms. The number of amides is 2. The number of methoxy groups -OCH3 is 2. The van der Waals surface area contributed by atoms with E-state index in [1.807, 2.05) is 75.5 Å². The Morgan fingerprint density at radius 3 is 1.47 bits per heavy atom. The molecular formula is C60H75Cl2N7O8. The number of hydrogen-bond donors (Lipinski definition) is 2. The van der Waals surface area contributed by atoms with E-state index in [4.69, 9.17) is 58.4 Å². The molecule has 4 aromatic carbocycles. The minimum atomic E-state index is -0.921. The predicted octanol–water partition coefficient (Wildman–Crippen LogP) is 13.3.